The quantitative estimate of drug-likeness (QED) is 0.620. The molecule has 0 aliphatic heterocycles. The van der Waals surface area contributed by atoms with Crippen molar-refractivity contribution in [3.8, 4) is 5.75 Å². The number of hydrogen-bond acceptors (Lipinski definition) is 3. The summed E-state index contributed by atoms with van der Waals surface area (Å²) in [7, 11) is 0. The van der Waals surface area contributed by atoms with Crippen LogP contribution in [-0.4, -0.2) is 6.61 Å². The average molecular weight is 334 g/mol. The zero-order valence-electron chi connectivity index (χ0n) is 10.7. The van der Waals surface area contributed by atoms with Crippen molar-refractivity contribution in [3.63, 3.8) is 0 Å². The Bertz CT molecular complexity index is 640. The Balaban J connectivity index is 2.16. The van der Waals surface area contributed by atoms with Gasteiger partial charge in [0.15, 0.2) is 0 Å². The van der Waals surface area contributed by atoms with E-state index in [4.69, 9.17) is 17.3 Å². The fourth-order valence-electron chi connectivity index (χ4n) is 1.68. The van der Waals surface area contributed by atoms with Crippen molar-refractivity contribution >= 4 is 29.1 Å². The molecule has 0 bridgehead atoms. The normalized spacial score (nSPS) is 10.9. The van der Waals surface area contributed by atoms with Gasteiger partial charge in [0.05, 0.1) is 0 Å². The standard InChI is InChI=1S/C14H11ClF3NOS/c15-9-1-3-12(20-14(17)18)8(5-9)7-21-13-4-2-10(16)6-11(13)19/h1-6,14H,7,19H2. The SMILES string of the molecule is Nc1cc(F)ccc1SCc1cc(Cl)ccc1OC(F)F. The first-order valence-corrected chi connectivity index (χ1v) is 7.23. The number of thioether (sulfide) groups is 1. The van der Waals surface area contributed by atoms with Crippen LogP contribution in [-0.2, 0) is 5.75 Å². The second-order valence-electron chi connectivity index (χ2n) is 4.10. The molecule has 2 nitrogen and oxygen atoms in total. The van der Waals surface area contributed by atoms with E-state index < -0.39 is 12.4 Å². The number of alkyl halides is 2. The number of anilines is 1. The Labute approximate surface area is 129 Å². The molecule has 7 heteroatoms. The first kappa shape index (κ1) is 15.9. The summed E-state index contributed by atoms with van der Waals surface area (Å²) in [5, 5.41) is 0.416. The molecule has 0 radical (unpaired) electrons. The van der Waals surface area contributed by atoms with Crippen LogP contribution < -0.4 is 10.5 Å². The molecule has 0 saturated heterocycles. The van der Waals surface area contributed by atoms with Crippen LogP contribution in [0.2, 0.25) is 5.02 Å². The Morgan fingerprint density at radius 3 is 2.62 bits per heavy atom. The third-order valence-corrected chi connectivity index (χ3v) is 3.97. The largest absolute Gasteiger partial charge is 0.435 e. The summed E-state index contributed by atoms with van der Waals surface area (Å²) in [5.41, 5.74) is 6.50. The van der Waals surface area contributed by atoms with E-state index in [1.54, 1.807) is 6.07 Å². The van der Waals surface area contributed by atoms with Gasteiger partial charge in [-0.05, 0) is 36.4 Å². The Kier molecular flexibility index (Phi) is 5.25. The summed E-state index contributed by atoms with van der Waals surface area (Å²) in [6, 6.07) is 8.43. The molecular weight excluding hydrogens is 323 g/mol. The predicted octanol–water partition coefficient (Wildman–Crippen LogP) is 4.96. The molecule has 112 valence electrons. The van der Waals surface area contributed by atoms with Crippen LogP contribution in [0, 0.1) is 5.82 Å². The first-order chi connectivity index (χ1) is 9.95. The Hall–Kier alpha value is -1.53. The van der Waals surface area contributed by atoms with Crippen molar-refractivity contribution in [1.82, 2.24) is 0 Å². The van der Waals surface area contributed by atoms with Gasteiger partial charge >= 0.3 is 6.61 Å². The minimum atomic E-state index is -2.91. The predicted molar refractivity (Wildman–Crippen MR) is 78.5 cm³/mol. The molecule has 2 aromatic rings. The number of halogens is 4. The molecule has 0 heterocycles. The second-order valence-corrected chi connectivity index (χ2v) is 5.55. The van der Waals surface area contributed by atoms with Crippen molar-refractivity contribution in [2.75, 3.05) is 5.73 Å². The minimum absolute atomic E-state index is 0.0579. The Morgan fingerprint density at radius 2 is 1.95 bits per heavy atom. The van der Waals surface area contributed by atoms with Crippen molar-refractivity contribution in [2.24, 2.45) is 0 Å². The first-order valence-electron chi connectivity index (χ1n) is 5.87. The summed E-state index contributed by atoms with van der Waals surface area (Å²) in [5.74, 6) is -0.0535. The summed E-state index contributed by atoms with van der Waals surface area (Å²) in [4.78, 5) is 0.652. The van der Waals surface area contributed by atoms with Crippen molar-refractivity contribution in [3.05, 3.63) is 52.8 Å². The highest BCUT2D eigenvalue weighted by atomic mass is 35.5. The van der Waals surface area contributed by atoms with Crippen molar-refractivity contribution in [2.45, 2.75) is 17.3 Å². The van der Waals surface area contributed by atoms with E-state index in [9.17, 15) is 13.2 Å². The molecule has 0 aliphatic rings. The van der Waals surface area contributed by atoms with Gasteiger partial charge < -0.3 is 10.5 Å². The van der Waals surface area contributed by atoms with Gasteiger partial charge in [-0.1, -0.05) is 11.6 Å². The fourth-order valence-corrected chi connectivity index (χ4v) is 2.80. The van der Waals surface area contributed by atoms with Crippen LogP contribution >= 0.6 is 23.4 Å². The lowest BCUT2D eigenvalue weighted by molar-refractivity contribution is -0.0503. The van der Waals surface area contributed by atoms with Gasteiger partial charge in [0, 0.05) is 26.9 Å². The van der Waals surface area contributed by atoms with Gasteiger partial charge in [0.1, 0.15) is 11.6 Å². The van der Waals surface area contributed by atoms with E-state index in [1.165, 1.54) is 42.1 Å². The minimum Gasteiger partial charge on any atom is -0.435 e. The van der Waals surface area contributed by atoms with Crippen LogP contribution in [0.15, 0.2) is 41.3 Å². The van der Waals surface area contributed by atoms with Crippen molar-refractivity contribution in [1.29, 1.82) is 0 Å². The highest BCUT2D eigenvalue weighted by Crippen LogP contribution is 2.33. The zero-order chi connectivity index (χ0) is 15.4. The van der Waals surface area contributed by atoms with Gasteiger partial charge in [-0.2, -0.15) is 8.78 Å². The molecule has 0 fully saturated rings. The summed E-state index contributed by atoms with van der Waals surface area (Å²) >= 11 is 7.14. The van der Waals surface area contributed by atoms with E-state index in [1.807, 2.05) is 0 Å². The average Bonchev–Trinajstić information content (AvgIpc) is 2.40. The third kappa shape index (κ3) is 4.47. The van der Waals surface area contributed by atoms with Gasteiger partial charge in [-0.15, -0.1) is 11.8 Å². The lowest BCUT2D eigenvalue weighted by Gasteiger charge is -2.11. The molecule has 0 unspecified atom stereocenters. The maximum Gasteiger partial charge on any atom is 0.387 e. The maximum absolute atomic E-state index is 13.0. The number of rotatable bonds is 5. The molecular formula is C14H11ClF3NOS. The molecule has 0 aliphatic carbocycles. The molecule has 21 heavy (non-hydrogen) atoms. The van der Waals surface area contributed by atoms with Crippen LogP contribution in [0.3, 0.4) is 0 Å². The van der Waals surface area contributed by atoms with E-state index in [-0.39, 0.29) is 5.75 Å². The molecule has 0 amide bonds. The zero-order valence-corrected chi connectivity index (χ0v) is 12.2. The molecule has 0 saturated carbocycles. The number of ether oxygens (including phenoxy) is 1. The highest BCUT2D eigenvalue weighted by Gasteiger charge is 2.11. The lowest BCUT2D eigenvalue weighted by atomic mass is 10.2. The number of nitrogens with two attached hydrogens (primary N) is 1. The monoisotopic (exact) mass is 333 g/mol. The number of hydrogen-bond donors (Lipinski definition) is 1. The van der Waals surface area contributed by atoms with Gasteiger partial charge in [0.25, 0.3) is 0 Å². The molecule has 0 aromatic heterocycles. The van der Waals surface area contributed by atoms with Crippen LogP contribution in [0.4, 0.5) is 18.9 Å². The smallest absolute Gasteiger partial charge is 0.387 e. The number of nitrogen functional groups attached to an aromatic ring is 1. The van der Waals surface area contributed by atoms with Crippen LogP contribution in [0.5, 0.6) is 5.75 Å². The highest BCUT2D eigenvalue weighted by molar-refractivity contribution is 7.98. The molecule has 2 N–H and O–H groups in total. The van der Waals surface area contributed by atoms with Crippen LogP contribution in [0.25, 0.3) is 0 Å². The lowest BCUT2D eigenvalue weighted by Crippen LogP contribution is -2.04. The van der Waals surface area contributed by atoms with E-state index in [2.05, 4.69) is 4.74 Å². The Morgan fingerprint density at radius 1 is 1.19 bits per heavy atom. The molecule has 0 spiro atoms. The fraction of sp³-hybridized carbons (Fsp3) is 0.143. The topological polar surface area (TPSA) is 35.2 Å². The summed E-state index contributed by atoms with van der Waals surface area (Å²) < 4.78 is 42.1. The van der Waals surface area contributed by atoms with E-state index in [0.717, 1.165) is 0 Å². The summed E-state index contributed by atoms with van der Waals surface area (Å²) in [6.45, 7) is -2.91. The second kappa shape index (κ2) is 6.95. The molecule has 2 rings (SSSR count). The van der Waals surface area contributed by atoms with E-state index in [0.29, 0.717) is 26.9 Å². The van der Waals surface area contributed by atoms with Crippen molar-refractivity contribution < 1.29 is 17.9 Å². The number of benzene rings is 2. The molecule has 0 atom stereocenters. The summed E-state index contributed by atoms with van der Waals surface area (Å²) in [6.07, 6.45) is 0. The molecule has 2 aromatic carbocycles. The van der Waals surface area contributed by atoms with Crippen LogP contribution in [0.1, 0.15) is 5.56 Å². The van der Waals surface area contributed by atoms with Gasteiger partial charge in [-0.3, -0.25) is 0 Å². The van der Waals surface area contributed by atoms with E-state index >= 15 is 0 Å². The third-order valence-electron chi connectivity index (χ3n) is 2.59. The van der Waals surface area contributed by atoms with Gasteiger partial charge in [-0.25, -0.2) is 4.39 Å². The van der Waals surface area contributed by atoms with Gasteiger partial charge in [0.2, 0.25) is 0 Å². The maximum atomic E-state index is 13.0.